The molecule has 1 aliphatic heterocycles. The molecule has 0 spiro atoms. The predicted octanol–water partition coefficient (Wildman–Crippen LogP) is 2.27. The minimum Gasteiger partial charge on any atom is -0.367 e. The van der Waals surface area contributed by atoms with E-state index in [-0.39, 0.29) is 18.1 Å². The van der Waals surface area contributed by atoms with Crippen LogP contribution in [0.15, 0.2) is 12.4 Å². The van der Waals surface area contributed by atoms with Crippen molar-refractivity contribution in [3.63, 3.8) is 0 Å². The molecule has 2 heterocycles. The van der Waals surface area contributed by atoms with Crippen LogP contribution in [0.1, 0.15) is 45.4 Å². The lowest BCUT2D eigenvalue weighted by Crippen LogP contribution is -2.48. The molecular formula is C17H29N5O. The topological polar surface area (TPSA) is 62.2 Å². The quantitative estimate of drug-likeness (QED) is 0.895. The maximum atomic E-state index is 12.2. The number of rotatable bonds is 4. The Morgan fingerprint density at radius 2 is 2.09 bits per heavy atom. The van der Waals surface area contributed by atoms with Crippen LogP contribution in [-0.2, 0) is 7.05 Å². The number of hydrogen-bond acceptors (Lipinski definition) is 3. The molecule has 2 unspecified atom stereocenters. The predicted molar refractivity (Wildman–Crippen MR) is 91.5 cm³/mol. The van der Waals surface area contributed by atoms with E-state index in [0.29, 0.717) is 5.92 Å². The van der Waals surface area contributed by atoms with E-state index in [0.717, 1.165) is 25.2 Å². The number of hydrogen-bond donors (Lipinski definition) is 2. The first-order chi connectivity index (χ1) is 11.1. The Bertz CT molecular complexity index is 523. The number of urea groups is 1. The first-order valence-electron chi connectivity index (χ1n) is 8.92. The fourth-order valence-corrected chi connectivity index (χ4v) is 3.87. The van der Waals surface area contributed by atoms with Crippen LogP contribution in [0.3, 0.4) is 0 Å². The summed E-state index contributed by atoms with van der Waals surface area (Å²) in [5.74, 6) is 0.643. The molecule has 1 saturated heterocycles. The Kier molecular flexibility index (Phi) is 5.08. The highest BCUT2D eigenvalue weighted by molar-refractivity contribution is 5.74. The molecule has 2 N–H and O–H groups in total. The van der Waals surface area contributed by atoms with Crippen molar-refractivity contribution in [1.29, 1.82) is 0 Å². The van der Waals surface area contributed by atoms with Crippen molar-refractivity contribution in [2.75, 3.05) is 18.0 Å². The van der Waals surface area contributed by atoms with Crippen LogP contribution in [0.5, 0.6) is 0 Å². The molecule has 2 aliphatic rings. The highest BCUT2D eigenvalue weighted by Gasteiger charge is 2.26. The van der Waals surface area contributed by atoms with Gasteiger partial charge in [-0.25, -0.2) is 4.79 Å². The van der Waals surface area contributed by atoms with Crippen molar-refractivity contribution < 1.29 is 4.79 Å². The minimum absolute atomic E-state index is 0.0129. The van der Waals surface area contributed by atoms with E-state index < -0.39 is 0 Å². The van der Waals surface area contributed by atoms with Crippen molar-refractivity contribution >= 4 is 11.7 Å². The van der Waals surface area contributed by atoms with Crippen LogP contribution in [0.2, 0.25) is 0 Å². The van der Waals surface area contributed by atoms with Crippen molar-refractivity contribution in [3.8, 4) is 0 Å². The highest BCUT2D eigenvalue weighted by Crippen LogP contribution is 2.26. The zero-order valence-corrected chi connectivity index (χ0v) is 14.3. The zero-order chi connectivity index (χ0) is 16.2. The summed E-state index contributed by atoms with van der Waals surface area (Å²) in [6, 6.07) is 0.473. The van der Waals surface area contributed by atoms with Crippen molar-refractivity contribution in [1.82, 2.24) is 20.4 Å². The first-order valence-corrected chi connectivity index (χ1v) is 8.92. The number of amides is 2. The Morgan fingerprint density at radius 3 is 2.78 bits per heavy atom. The summed E-state index contributed by atoms with van der Waals surface area (Å²) < 4.78 is 1.81. The number of aryl methyl sites for hydroxylation is 1. The third kappa shape index (κ3) is 4.18. The van der Waals surface area contributed by atoms with Gasteiger partial charge >= 0.3 is 6.03 Å². The van der Waals surface area contributed by atoms with E-state index in [1.54, 1.807) is 0 Å². The second-order valence-corrected chi connectivity index (χ2v) is 7.11. The molecule has 2 atom stereocenters. The summed E-state index contributed by atoms with van der Waals surface area (Å²) in [5.41, 5.74) is 1.13. The lowest BCUT2D eigenvalue weighted by atomic mass is 9.85. The van der Waals surface area contributed by atoms with Gasteiger partial charge in [0.05, 0.1) is 11.9 Å². The van der Waals surface area contributed by atoms with Gasteiger partial charge < -0.3 is 15.5 Å². The van der Waals surface area contributed by atoms with Gasteiger partial charge in [-0.2, -0.15) is 5.10 Å². The molecule has 0 bridgehead atoms. The summed E-state index contributed by atoms with van der Waals surface area (Å²) in [5, 5.41) is 10.5. The minimum atomic E-state index is -0.0129. The van der Waals surface area contributed by atoms with Gasteiger partial charge in [0.2, 0.25) is 0 Å². The van der Waals surface area contributed by atoms with E-state index in [9.17, 15) is 4.79 Å². The van der Waals surface area contributed by atoms with Crippen LogP contribution in [0.4, 0.5) is 10.5 Å². The molecule has 2 amide bonds. The number of carbonyl (C=O) groups excluding carboxylic acids is 1. The summed E-state index contributed by atoms with van der Waals surface area (Å²) in [7, 11) is 1.93. The van der Waals surface area contributed by atoms with Gasteiger partial charge in [0.1, 0.15) is 0 Å². The van der Waals surface area contributed by atoms with Crippen LogP contribution in [0.25, 0.3) is 0 Å². The van der Waals surface area contributed by atoms with Gasteiger partial charge in [-0.15, -0.1) is 0 Å². The van der Waals surface area contributed by atoms with Crippen molar-refractivity contribution in [2.24, 2.45) is 13.0 Å². The first kappa shape index (κ1) is 16.1. The fraction of sp³-hybridized carbons (Fsp3) is 0.765. The van der Waals surface area contributed by atoms with Gasteiger partial charge in [-0.3, -0.25) is 4.68 Å². The van der Waals surface area contributed by atoms with E-state index in [2.05, 4.69) is 27.6 Å². The average molecular weight is 319 g/mol. The molecule has 0 aromatic carbocycles. The van der Waals surface area contributed by atoms with Gasteiger partial charge in [-0.1, -0.05) is 19.3 Å². The highest BCUT2D eigenvalue weighted by atomic mass is 16.2. The molecule has 0 radical (unpaired) electrons. The SMILES string of the molecule is CC(NC(=O)NC1CCN(c2cnn(C)c2)C1)C1CCCCC1. The molecule has 1 saturated carbocycles. The van der Waals surface area contributed by atoms with Crippen molar-refractivity contribution in [3.05, 3.63) is 12.4 Å². The smallest absolute Gasteiger partial charge is 0.315 e. The summed E-state index contributed by atoms with van der Waals surface area (Å²) in [6.07, 6.45) is 11.4. The second-order valence-electron chi connectivity index (χ2n) is 7.11. The van der Waals surface area contributed by atoms with Crippen LogP contribution < -0.4 is 15.5 Å². The number of aromatic nitrogens is 2. The standard InChI is InChI=1S/C17H29N5O/c1-13(14-6-4-3-5-7-14)19-17(23)20-15-8-9-22(11-15)16-10-18-21(2)12-16/h10,12-15H,3-9,11H2,1-2H3,(H2,19,20,23). The van der Waals surface area contributed by atoms with E-state index in [1.807, 2.05) is 24.1 Å². The molecule has 1 aromatic heterocycles. The lowest BCUT2D eigenvalue weighted by Gasteiger charge is -2.28. The van der Waals surface area contributed by atoms with Crippen molar-refractivity contribution in [2.45, 2.75) is 57.5 Å². The van der Waals surface area contributed by atoms with Crippen LogP contribution >= 0.6 is 0 Å². The molecule has 1 aliphatic carbocycles. The summed E-state index contributed by atoms with van der Waals surface area (Å²) >= 11 is 0. The second kappa shape index (κ2) is 7.23. The molecular weight excluding hydrogens is 290 g/mol. The Morgan fingerprint density at radius 1 is 1.30 bits per heavy atom. The monoisotopic (exact) mass is 319 g/mol. The zero-order valence-electron chi connectivity index (χ0n) is 14.3. The molecule has 6 nitrogen and oxygen atoms in total. The maximum absolute atomic E-state index is 12.2. The van der Waals surface area contributed by atoms with E-state index in [1.165, 1.54) is 32.1 Å². The Labute approximate surface area is 138 Å². The Hall–Kier alpha value is -1.72. The molecule has 23 heavy (non-hydrogen) atoms. The number of nitrogens with one attached hydrogen (secondary N) is 2. The van der Waals surface area contributed by atoms with Crippen LogP contribution in [-0.4, -0.2) is 41.0 Å². The number of anilines is 1. The number of carbonyl (C=O) groups is 1. The third-order valence-corrected chi connectivity index (χ3v) is 5.30. The van der Waals surface area contributed by atoms with Gasteiger partial charge in [-0.05, 0) is 32.1 Å². The van der Waals surface area contributed by atoms with Gasteiger partial charge in [0.15, 0.2) is 0 Å². The normalized spacial score (nSPS) is 23.7. The van der Waals surface area contributed by atoms with Crippen LogP contribution in [0, 0.1) is 5.92 Å². The Balaban J connectivity index is 1.43. The maximum Gasteiger partial charge on any atom is 0.315 e. The van der Waals surface area contributed by atoms with E-state index in [4.69, 9.17) is 0 Å². The molecule has 1 aromatic rings. The molecule has 128 valence electrons. The third-order valence-electron chi connectivity index (χ3n) is 5.30. The molecule has 6 heteroatoms. The summed E-state index contributed by atoms with van der Waals surface area (Å²) in [4.78, 5) is 14.5. The van der Waals surface area contributed by atoms with Gasteiger partial charge in [0, 0.05) is 38.4 Å². The molecule has 3 rings (SSSR count). The van der Waals surface area contributed by atoms with Gasteiger partial charge in [0.25, 0.3) is 0 Å². The fourth-order valence-electron chi connectivity index (χ4n) is 3.87. The largest absolute Gasteiger partial charge is 0.367 e. The summed E-state index contributed by atoms with van der Waals surface area (Å²) in [6.45, 7) is 3.97. The number of nitrogens with zero attached hydrogens (tertiary/aromatic N) is 3. The molecule has 2 fully saturated rings. The lowest BCUT2D eigenvalue weighted by molar-refractivity contribution is 0.222. The average Bonchev–Trinajstić information content (AvgIpc) is 3.17. The van der Waals surface area contributed by atoms with E-state index >= 15 is 0 Å².